The Labute approximate surface area is 104 Å². The number of rotatable bonds is 3. The lowest BCUT2D eigenvalue weighted by atomic mass is 9.95. The van der Waals surface area contributed by atoms with Crippen LogP contribution in [0.4, 0.5) is 0 Å². The molecule has 1 heterocycles. The van der Waals surface area contributed by atoms with E-state index in [-0.39, 0.29) is 0 Å². The summed E-state index contributed by atoms with van der Waals surface area (Å²) in [5.74, 6) is 0.697. The summed E-state index contributed by atoms with van der Waals surface area (Å²) >= 11 is 0. The van der Waals surface area contributed by atoms with Crippen LogP contribution in [0.3, 0.4) is 0 Å². The van der Waals surface area contributed by atoms with Crippen LogP contribution in [0, 0.1) is 5.92 Å². The van der Waals surface area contributed by atoms with Gasteiger partial charge in [-0.1, -0.05) is 43.8 Å². The Balaban J connectivity index is 1.95. The smallest absolute Gasteiger partial charge is 0.0234 e. The molecule has 1 aliphatic heterocycles. The monoisotopic (exact) mass is 230 g/mol. The van der Waals surface area contributed by atoms with Crippen molar-refractivity contribution in [2.24, 2.45) is 11.7 Å². The molecule has 0 bridgehead atoms. The minimum absolute atomic E-state index is 0.322. The SMILES string of the molecule is C=C(CN1CC(C)CC(N)C1)c1ccccc1. The number of piperidine rings is 1. The van der Waals surface area contributed by atoms with Gasteiger partial charge in [0.15, 0.2) is 0 Å². The molecule has 2 unspecified atom stereocenters. The van der Waals surface area contributed by atoms with Crippen LogP contribution in [-0.2, 0) is 0 Å². The maximum atomic E-state index is 6.06. The first-order chi connectivity index (χ1) is 8.15. The molecule has 1 fully saturated rings. The first-order valence-corrected chi connectivity index (χ1v) is 6.36. The number of nitrogens with zero attached hydrogens (tertiary/aromatic N) is 1. The van der Waals surface area contributed by atoms with E-state index >= 15 is 0 Å². The van der Waals surface area contributed by atoms with E-state index in [1.165, 1.54) is 11.1 Å². The second-order valence-electron chi connectivity index (χ2n) is 5.26. The first kappa shape index (κ1) is 12.3. The molecule has 1 aromatic carbocycles. The predicted octanol–water partition coefficient (Wildman–Crippen LogP) is 2.37. The highest BCUT2D eigenvalue weighted by molar-refractivity contribution is 5.64. The molecule has 0 amide bonds. The van der Waals surface area contributed by atoms with Gasteiger partial charge in [-0.05, 0) is 23.5 Å². The van der Waals surface area contributed by atoms with Gasteiger partial charge in [0.2, 0.25) is 0 Å². The zero-order valence-corrected chi connectivity index (χ0v) is 10.6. The summed E-state index contributed by atoms with van der Waals surface area (Å²) in [5, 5.41) is 0. The van der Waals surface area contributed by atoms with E-state index in [0.29, 0.717) is 12.0 Å². The first-order valence-electron chi connectivity index (χ1n) is 6.36. The van der Waals surface area contributed by atoms with Crippen molar-refractivity contribution in [1.29, 1.82) is 0 Å². The second-order valence-corrected chi connectivity index (χ2v) is 5.26. The van der Waals surface area contributed by atoms with Crippen LogP contribution >= 0.6 is 0 Å². The van der Waals surface area contributed by atoms with Crippen LogP contribution < -0.4 is 5.73 Å². The third-order valence-electron chi connectivity index (χ3n) is 3.36. The molecule has 92 valence electrons. The minimum atomic E-state index is 0.322. The van der Waals surface area contributed by atoms with Crippen molar-refractivity contribution in [1.82, 2.24) is 4.90 Å². The number of hydrogen-bond acceptors (Lipinski definition) is 2. The van der Waals surface area contributed by atoms with Gasteiger partial charge in [0.05, 0.1) is 0 Å². The van der Waals surface area contributed by atoms with Crippen molar-refractivity contribution >= 4 is 5.57 Å². The molecular weight excluding hydrogens is 208 g/mol. The van der Waals surface area contributed by atoms with E-state index in [4.69, 9.17) is 5.73 Å². The summed E-state index contributed by atoms with van der Waals surface area (Å²) in [5.41, 5.74) is 8.48. The van der Waals surface area contributed by atoms with E-state index in [2.05, 4.69) is 42.7 Å². The van der Waals surface area contributed by atoms with Gasteiger partial charge in [0.25, 0.3) is 0 Å². The molecule has 0 radical (unpaired) electrons. The number of likely N-dealkylation sites (tertiary alicyclic amines) is 1. The van der Waals surface area contributed by atoms with Gasteiger partial charge in [-0.15, -0.1) is 0 Å². The molecule has 2 rings (SSSR count). The summed E-state index contributed by atoms with van der Waals surface area (Å²) in [4.78, 5) is 2.42. The topological polar surface area (TPSA) is 29.3 Å². The number of benzene rings is 1. The molecule has 0 aromatic heterocycles. The molecule has 2 nitrogen and oxygen atoms in total. The molecule has 1 aromatic rings. The largest absolute Gasteiger partial charge is 0.327 e. The van der Waals surface area contributed by atoms with Crippen LogP contribution in [0.25, 0.3) is 5.57 Å². The van der Waals surface area contributed by atoms with Gasteiger partial charge in [-0.25, -0.2) is 0 Å². The third-order valence-corrected chi connectivity index (χ3v) is 3.36. The van der Waals surface area contributed by atoms with Gasteiger partial charge in [0, 0.05) is 25.7 Å². The van der Waals surface area contributed by atoms with Crippen molar-refractivity contribution in [2.75, 3.05) is 19.6 Å². The van der Waals surface area contributed by atoms with Crippen LogP contribution in [0.1, 0.15) is 18.9 Å². The Morgan fingerprint density at radius 3 is 2.71 bits per heavy atom. The molecule has 2 N–H and O–H groups in total. The number of nitrogens with two attached hydrogens (primary N) is 1. The quantitative estimate of drug-likeness (QED) is 0.863. The zero-order chi connectivity index (χ0) is 12.3. The van der Waals surface area contributed by atoms with E-state index in [1.54, 1.807) is 0 Å². The van der Waals surface area contributed by atoms with Crippen LogP contribution in [0.15, 0.2) is 36.9 Å². The lowest BCUT2D eigenvalue weighted by molar-refractivity contribution is 0.184. The second kappa shape index (κ2) is 5.48. The Hall–Kier alpha value is -1.12. The third kappa shape index (κ3) is 3.42. The van der Waals surface area contributed by atoms with E-state index in [1.807, 2.05) is 6.07 Å². The highest BCUT2D eigenvalue weighted by Gasteiger charge is 2.22. The Morgan fingerprint density at radius 1 is 1.35 bits per heavy atom. The molecule has 0 spiro atoms. The summed E-state index contributed by atoms with van der Waals surface area (Å²) < 4.78 is 0. The maximum Gasteiger partial charge on any atom is 0.0234 e. The van der Waals surface area contributed by atoms with E-state index < -0.39 is 0 Å². The van der Waals surface area contributed by atoms with Crippen molar-refractivity contribution < 1.29 is 0 Å². The lowest BCUT2D eigenvalue weighted by Crippen LogP contribution is -2.46. The number of hydrogen-bond donors (Lipinski definition) is 1. The Morgan fingerprint density at radius 2 is 2.06 bits per heavy atom. The lowest BCUT2D eigenvalue weighted by Gasteiger charge is -2.35. The van der Waals surface area contributed by atoms with Gasteiger partial charge in [-0.3, -0.25) is 4.90 Å². The summed E-state index contributed by atoms with van der Waals surface area (Å²) in [6.07, 6.45) is 1.15. The molecule has 0 saturated carbocycles. The van der Waals surface area contributed by atoms with Crippen molar-refractivity contribution in [3.8, 4) is 0 Å². The van der Waals surface area contributed by atoms with E-state index in [0.717, 1.165) is 26.1 Å². The standard InChI is InChI=1S/C15H22N2/c1-12-8-15(16)11-17(9-12)10-13(2)14-6-4-3-5-7-14/h3-7,12,15H,2,8-11,16H2,1H3. The summed E-state index contributed by atoms with van der Waals surface area (Å²) in [7, 11) is 0. The van der Waals surface area contributed by atoms with Crippen LogP contribution in [-0.4, -0.2) is 30.6 Å². The van der Waals surface area contributed by atoms with Crippen molar-refractivity contribution in [3.05, 3.63) is 42.5 Å². The molecule has 17 heavy (non-hydrogen) atoms. The molecule has 2 heteroatoms. The molecule has 1 aliphatic rings. The van der Waals surface area contributed by atoms with Crippen LogP contribution in [0.2, 0.25) is 0 Å². The van der Waals surface area contributed by atoms with Gasteiger partial charge in [-0.2, -0.15) is 0 Å². The summed E-state index contributed by atoms with van der Waals surface area (Å²) in [6, 6.07) is 10.7. The zero-order valence-electron chi connectivity index (χ0n) is 10.6. The highest BCUT2D eigenvalue weighted by Crippen LogP contribution is 2.19. The van der Waals surface area contributed by atoms with Gasteiger partial charge >= 0.3 is 0 Å². The minimum Gasteiger partial charge on any atom is -0.327 e. The van der Waals surface area contributed by atoms with Gasteiger partial charge < -0.3 is 5.73 Å². The highest BCUT2D eigenvalue weighted by atomic mass is 15.1. The summed E-state index contributed by atoms with van der Waals surface area (Å²) in [6.45, 7) is 9.53. The van der Waals surface area contributed by atoms with Gasteiger partial charge in [0.1, 0.15) is 0 Å². The van der Waals surface area contributed by atoms with Crippen LogP contribution in [0.5, 0.6) is 0 Å². The predicted molar refractivity (Wildman–Crippen MR) is 73.7 cm³/mol. The normalized spacial score (nSPS) is 25.8. The molecule has 1 saturated heterocycles. The fourth-order valence-corrected chi connectivity index (χ4v) is 2.68. The fourth-order valence-electron chi connectivity index (χ4n) is 2.68. The molecular formula is C15H22N2. The maximum absolute atomic E-state index is 6.06. The fraction of sp³-hybridized carbons (Fsp3) is 0.467. The Kier molecular flexibility index (Phi) is 3.97. The average Bonchev–Trinajstić information content (AvgIpc) is 2.28. The molecule has 0 aliphatic carbocycles. The van der Waals surface area contributed by atoms with Crippen molar-refractivity contribution in [3.63, 3.8) is 0 Å². The average molecular weight is 230 g/mol. The van der Waals surface area contributed by atoms with Crippen molar-refractivity contribution in [2.45, 2.75) is 19.4 Å². The molecule has 2 atom stereocenters. The Bertz CT molecular complexity index is 362. The van der Waals surface area contributed by atoms with E-state index in [9.17, 15) is 0 Å².